The molecule has 1 amide bonds. The Morgan fingerprint density at radius 3 is 3.08 bits per heavy atom. The van der Waals surface area contributed by atoms with E-state index in [2.05, 4.69) is 22.0 Å². The Balaban J connectivity index is 1.32. The molecule has 4 fully saturated rings. The van der Waals surface area contributed by atoms with Crippen molar-refractivity contribution in [2.75, 3.05) is 6.54 Å². The summed E-state index contributed by atoms with van der Waals surface area (Å²) < 4.78 is 0. The fourth-order valence-corrected chi connectivity index (χ4v) is 7.06. The number of likely N-dealkylation sites (tertiary alicyclic amines) is 1. The normalized spacial score (nSPS) is 43.1. The Labute approximate surface area is 154 Å². The van der Waals surface area contributed by atoms with Gasteiger partial charge in [-0.2, -0.15) is 0 Å². The highest BCUT2D eigenvalue weighted by Crippen LogP contribution is 2.57. The van der Waals surface area contributed by atoms with Gasteiger partial charge in [-0.05, 0) is 86.0 Å². The number of nitrogens with zero attached hydrogens (tertiary/aromatic N) is 2. The van der Waals surface area contributed by atoms with Crippen LogP contribution in [0.2, 0.25) is 0 Å². The molecule has 3 bridgehead atoms. The Hall–Kier alpha value is -1.68. The quantitative estimate of drug-likeness (QED) is 0.847. The first kappa shape index (κ1) is 15.4. The van der Waals surface area contributed by atoms with Gasteiger partial charge in [-0.25, -0.2) is 0 Å². The van der Waals surface area contributed by atoms with Crippen LogP contribution in [0.15, 0.2) is 24.0 Å². The first-order chi connectivity index (χ1) is 12.6. The molecule has 26 heavy (non-hydrogen) atoms. The molecule has 4 nitrogen and oxygen atoms in total. The minimum atomic E-state index is -0.437. The standard InChI is InChI=1S/C22H26N2O2/c25-21-18-7-16-11-23-4-3-14(16)6-17(18)12-24(21)20-2-1-13-5-15-9-22(26,8-13)10-19(15)20/h3-4,7,11,13,15,17,19-20,26H,1-2,5-6,8-10,12H2/t13?,15?,17?,19-,20+,22+/m0/s1. The highest BCUT2D eigenvalue weighted by Gasteiger charge is 2.56. The zero-order valence-corrected chi connectivity index (χ0v) is 15.1. The minimum absolute atomic E-state index is 0.253. The van der Waals surface area contributed by atoms with Gasteiger partial charge in [-0.1, -0.05) is 0 Å². The van der Waals surface area contributed by atoms with E-state index in [0.29, 0.717) is 29.7 Å². The minimum Gasteiger partial charge on any atom is -0.390 e. The number of fused-ring (bicyclic) bond motifs is 4. The van der Waals surface area contributed by atoms with Crippen LogP contribution in [0.1, 0.15) is 49.7 Å². The van der Waals surface area contributed by atoms with Gasteiger partial charge in [0.05, 0.1) is 5.60 Å². The Bertz CT molecular complexity index is 818. The predicted molar refractivity (Wildman–Crippen MR) is 98.0 cm³/mol. The largest absolute Gasteiger partial charge is 0.390 e. The molecule has 1 N–H and O–H groups in total. The molecule has 3 saturated carbocycles. The summed E-state index contributed by atoms with van der Waals surface area (Å²) in [6, 6.07) is 2.43. The van der Waals surface area contributed by atoms with E-state index in [-0.39, 0.29) is 5.91 Å². The van der Waals surface area contributed by atoms with Crippen molar-refractivity contribution in [2.24, 2.45) is 23.7 Å². The van der Waals surface area contributed by atoms with E-state index in [4.69, 9.17) is 0 Å². The lowest BCUT2D eigenvalue weighted by molar-refractivity contribution is -0.128. The number of hydrogen-bond donors (Lipinski definition) is 1. The molecule has 2 heterocycles. The lowest BCUT2D eigenvalue weighted by atomic mass is 9.77. The van der Waals surface area contributed by atoms with Crippen molar-refractivity contribution in [3.63, 3.8) is 0 Å². The molecule has 5 aliphatic rings. The molecule has 136 valence electrons. The number of aromatic nitrogens is 1. The van der Waals surface area contributed by atoms with E-state index in [9.17, 15) is 9.90 Å². The summed E-state index contributed by atoms with van der Waals surface area (Å²) in [5, 5.41) is 11.0. The summed E-state index contributed by atoms with van der Waals surface area (Å²) in [6.45, 7) is 0.864. The van der Waals surface area contributed by atoms with Gasteiger partial charge in [-0.3, -0.25) is 9.78 Å². The van der Waals surface area contributed by atoms with Gasteiger partial charge in [0.15, 0.2) is 0 Å². The van der Waals surface area contributed by atoms with Crippen molar-refractivity contribution >= 4 is 12.0 Å². The van der Waals surface area contributed by atoms with Crippen LogP contribution in [0.3, 0.4) is 0 Å². The van der Waals surface area contributed by atoms with Crippen LogP contribution in [0.5, 0.6) is 0 Å². The number of pyridine rings is 1. The lowest BCUT2D eigenvalue weighted by Crippen LogP contribution is -2.43. The molecule has 3 unspecified atom stereocenters. The number of carbonyl (C=O) groups excluding carboxylic acids is 1. The maximum absolute atomic E-state index is 13.3. The molecule has 0 spiro atoms. The van der Waals surface area contributed by atoms with E-state index in [1.165, 1.54) is 18.4 Å². The van der Waals surface area contributed by atoms with Crippen molar-refractivity contribution in [2.45, 2.75) is 56.6 Å². The van der Waals surface area contributed by atoms with Crippen LogP contribution < -0.4 is 0 Å². The van der Waals surface area contributed by atoms with Crippen molar-refractivity contribution in [1.29, 1.82) is 0 Å². The predicted octanol–water partition coefficient (Wildman–Crippen LogP) is 2.81. The molecule has 0 radical (unpaired) electrons. The topological polar surface area (TPSA) is 53.4 Å². The van der Waals surface area contributed by atoms with Crippen LogP contribution in [-0.4, -0.2) is 39.1 Å². The van der Waals surface area contributed by atoms with Crippen LogP contribution in [-0.2, 0) is 11.2 Å². The summed E-state index contributed by atoms with van der Waals surface area (Å²) in [4.78, 5) is 19.7. The van der Waals surface area contributed by atoms with Gasteiger partial charge in [0.1, 0.15) is 0 Å². The second-order valence-electron chi connectivity index (χ2n) is 9.54. The van der Waals surface area contributed by atoms with Gasteiger partial charge >= 0.3 is 0 Å². The molecule has 4 aliphatic carbocycles. The molecule has 4 heteroatoms. The average molecular weight is 350 g/mol. The fourth-order valence-electron chi connectivity index (χ4n) is 7.06. The van der Waals surface area contributed by atoms with Crippen molar-refractivity contribution < 1.29 is 9.90 Å². The first-order valence-corrected chi connectivity index (χ1v) is 10.3. The first-order valence-electron chi connectivity index (χ1n) is 10.3. The molecule has 6 rings (SSSR count). The van der Waals surface area contributed by atoms with Gasteiger partial charge < -0.3 is 10.0 Å². The SMILES string of the molecule is O=C1C2=Cc3cnccc3CC2CN1[C@@H]1CCC2CC3C[C@](O)(C2)C[C@@H]31. The lowest BCUT2D eigenvalue weighted by Gasteiger charge is -2.36. The molecular formula is C22H26N2O2. The molecule has 0 aromatic carbocycles. The van der Waals surface area contributed by atoms with E-state index in [1.54, 1.807) is 0 Å². The summed E-state index contributed by atoms with van der Waals surface area (Å²) >= 11 is 0. The smallest absolute Gasteiger partial charge is 0.250 e. The molecule has 1 saturated heterocycles. The third-order valence-corrected chi connectivity index (χ3v) is 8.02. The van der Waals surface area contributed by atoms with Gasteiger partial charge in [0.25, 0.3) is 0 Å². The van der Waals surface area contributed by atoms with Crippen LogP contribution in [0.4, 0.5) is 0 Å². The molecule has 6 atom stereocenters. The second-order valence-corrected chi connectivity index (χ2v) is 9.54. The zero-order chi connectivity index (χ0) is 17.5. The Morgan fingerprint density at radius 1 is 1.23 bits per heavy atom. The number of amides is 1. The number of rotatable bonds is 1. The van der Waals surface area contributed by atoms with Crippen molar-refractivity contribution in [3.8, 4) is 0 Å². The van der Waals surface area contributed by atoms with Gasteiger partial charge in [0.2, 0.25) is 5.91 Å². The molecule has 1 aliphatic heterocycles. The van der Waals surface area contributed by atoms with Crippen molar-refractivity contribution in [1.82, 2.24) is 9.88 Å². The number of hydrogen-bond acceptors (Lipinski definition) is 3. The van der Waals surface area contributed by atoms with Crippen LogP contribution >= 0.6 is 0 Å². The summed E-state index contributed by atoms with van der Waals surface area (Å²) in [5.41, 5.74) is 2.99. The zero-order valence-electron chi connectivity index (χ0n) is 15.1. The van der Waals surface area contributed by atoms with E-state index in [1.807, 2.05) is 12.4 Å². The highest BCUT2D eigenvalue weighted by molar-refractivity contribution is 6.01. The summed E-state index contributed by atoms with van der Waals surface area (Å²) in [5.74, 6) is 2.38. The Kier molecular flexibility index (Phi) is 3.07. The average Bonchev–Trinajstić information content (AvgIpc) is 3.01. The Morgan fingerprint density at radius 2 is 2.15 bits per heavy atom. The maximum atomic E-state index is 13.3. The molecule has 1 aromatic rings. The van der Waals surface area contributed by atoms with Gasteiger partial charge in [0, 0.05) is 36.5 Å². The fraction of sp³-hybridized carbons (Fsp3) is 0.636. The van der Waals surface area contributed by atoms with Gasteiger partial charge in [-0.15, -0.1) is 0 Å². The van der Waals surface area contributed by atoms with E-state index >= 15 is 0 Å². The summed E-state index contributed by atoms with van der Waals surface area (Å²) in [6.07, 6.45) is 13.2. The highest BCUT2D eigenvalue weighted by atomic mass is 16.3. The van der Waals surface area contributed by atoms with E-state index < -0.39 is 5.60 Å². The van der Waals surface area contributed by atoms with Crippen LogP contribution in [0, 0.1) is 23.7 Å². The van der Waals surface area contributed by atoms with Crippen LogP contribution in [0.25, 0.3) is 6.08 Å². The number of carbonyl (C=O) groups is 1. The monoisotopic (exact) mass is 350 g/mol. The molecular weight excluding hydrogens is 324 g/mol. The second kappa shape index (κ2) is 5.19. The van der Waals surface area contributed by atoms with Crippen molar-refractivity contribution in [3.05, 3.63) is 35.2 Å². The third-order valence-electron chi connectivity index (χ3n) is 8.02. The molecule has 1 aromatic heterocycles. The third kappa shape index (κ3) is 2.11. The number of aliphatic hydroxyl groups is 1. The van der Waals surface area contributed by atoms with E-state index in [0.717, 1.165) is 49.8 Å². The summed E-state index contributed by atoms with van der Waals surface area (Å²) in [7, 11) is 0. The maximum Gasteiger partial charge on any atom is 0.250 e.